The van der Waals surface area contributed by atoms with Gasteiger partial charge in [0.25, 0.3) is 11.5 Å². The Morgan fingerprint density at radius 1 is 1.22 bits per heavy atom. The smallest absolute Gasteiger partial charge is 0.251 e. The predicted octanol–water partition coefficient (Wildman–Crippen LogP) is 2.11. The van der Waals surface area contributed by atoms with Crippen LogP contribution in [0.1, 0.15) is 23.2 Å². The van der Waals surface area contributed by atoms with E-state index in [9.17, 15) is 14.0 Å². The summed E-state index contributed by atoms with van der Waals surface area (Å²) in [5.41, 5.74) is 0.140. The van der Waals surface area contributed by atoms with Crippen molar-refractivity contribution >= 4 is 5.91 Å². The minimum atomic E-state index is -0.296. The molecule has 0 aliphatic heterocycles. The van der Waals surface area contributed by atoms with Crippen LogP contribution in [0.4, 0.5) is 4.39 Å². The maximum atomic E-state index is 12.7. The summed E-state index contributed by atoms with van der Waals surface area (Å²) < 4.78 is 19.6. The van der Waals surface area contributed by atoms with E-state index in [1.807, 2.05) is 0 Å². The Kier molecular flexibility index (Phi) is 5.91. The van der Waals surface area contributed by atoms with Crippen molar-refractivity contribution in [2.45, 2.75) is 12.8 Å². The zero-order chi connectivity index (χ0) is 16.7. The monoisotopic (exact) mass is 318 g/mol. The van der Waals surface area contributed by atoms with E-state index in [-0.39, 0.29) is 17.3 Å². The molecule has 23 heavy (non-hydrogen) atoms. The van der Waals surface area contributed by atoms with E-state index < -0.39 is 0 Å². The van der Waals surface area contributed by atoms with Crippen molar-refractivity contribution in [1.82, 2.24) is 9.88 Å². The number of hydrogen-bond donors (Lipinski definition) is 1. The van der Waals surface area contributed by atoms with Crippen molar-refractivity contribution in [3.63, 3.8) is 0 Å². The summed E-state index contributed by atoms with van der Waals surface area (Å²) in [5, 5.41) is 2.76. The van der Waals surface area contributed by atoms with Crippen LogP contribution in [0, 0.1) is 5.82 Å². The Morgan fingerprint density at radius 2 is 1.96 bits per heavy atom. The quantitative estimate of drug-likeness (QED) is 0.796. The summed E-state index contributed by atoms with van der Waals surface area (Å²) in [4.78, 5) is 23.3. The van der Waals surface area contributed by atoms with E-state index in [2.05, 4.69) is 5.32 Å². The van der Waals surface area contributed by atoms with Gasteiger partial charge in [0.15, 0.2) is 0 Å². The molecule has 1 N–H and O–H groups in total. The van der Waals surface area contributed by atoms with E-state index in [1.165, 1.54) is 22.8 Å². The molecule has 2 aromatic rings. The van der Waals surface area contributed by atoms with Crippen LogP contribution >= 0.6 is 0 Å². The van der Waals surface area contributed by atoms with Gasteiger partial charge in [-0.25, -0.2) is 4.39 Å². The summed E-state index contributed by atoms with van der Waals surface area (Å²) in [7, 11) is 1.63. The van der Waals surface area contributed by atoms with Gasteiger partial charge in [0, 0.05) is 31.4 Å². The van der Waals surface area contributed by atoms with E-state index in [0.717, 1.165) is 12.8 Å². The molecule has 1 aromatic heterocycles. The molecule has 2 rings (SSSR count). The molecule has 0 aliphatic rings. The fourth-order valence-corrected chi connectivity index (χ4v) is 1.94. The highest BCUT2D eigenvalue weighted by Crippen LogP contribution is 2.11. The number of nitrogens with one attached hydrogen (secondary N) is 1. The van der Waals surface area contributed by atoms with Crippen molar-refractivity contribution in [2.24, 2.45) is 7.05 Å². The number of unbranched alkanes of at least 4 members (excludes halogenated alkanes) is 1. The summed E-state index contributed by atoms with van der Waals surface area (Å²) in [6.07, 6.45) is 3.07. The van der Waals surface area contributed by atoms with E-state index in [4.69, 9.17) is 4.74 Å². The topological polar surface area (TPSA) is 60.3 Å². The minimum Gasteiger partial charge on any atom is -0.494 e. The average Bonchev–Trinajstić information content (AvgIpc) is 2.54. The SMILES string of the molecule is Cn1ccc(C(=O)NCCCCOc2ccc(F)cc2)cc1=O. The Labute approximate surface area is 133 Å². The Bertz CT molecular complexity index is 711. The van der Waals surface area contributed by atoms with Crippen molar-refractivity contribution in [3.8, 4) is 5.75 Å². The highest BCUT2D eigenvalue weighted by Gasteiger charge is 2.05. The molecule has 0 aliphatic carbocycles. The van der Waals surface area contributed by atoms with Crippen molar-refractivity contribution in [1.29, 1.82) is 0 Å². The lowest BCUT2D eigenvalue weighted by Crippen LogP contribution is -2.27. The Morgan fingerprint density at radius 3 is 2.65 bits per heavy atom. The largest absolute Gasteiger partial charge is 0.494 e. The number of carbonyl (C=O) groups excluding carboxylic acids is 1. The molecule has 0 bridgehead atoms. The van der Waals surface area contributed by atoms with Crippen molar-refractivity contribution in [2.75, 3.05) is 13.2 Å². The van der Waals surface area contributed by atoms with Crippen LogP contribution < -0.4 is 15.6 Å². The number of nitrogens with zero attached hydrogens (tertiary/aromatic N) is 1. The summed E-state index contributed by atoms with van der Waals surface area (Å²) in [5.74, 6) is 0.0634. The van der Waals surface area contributed by atoms with Crippen LogP contribution in [-0.2, 0) is 7.05 Å². The maximum absolute atomic E-state index is 12.7. The molecule has 5 nitrogen and oxygen atoms in total. The van der Waals surface area contributed by atoms with Crippen LogP contribution in [-0.4, -0.2) is 23.6 Å². The van der Waals surface area contributed by atoms with Crippen molar-refractivity contribution in [3.05, 3.63) is 64.3 Å². The predicted molar refractivity (Wildman–Crippen MR) is 85.1 cm³/mol. The van der Waals surface area contributed by atoms with Crippen LogP contribution in [0.3, 0.4) is 0 Å². The first-order valence-corrected chi connectivity index (χ1v) is 7.39. The molecule has 1 amide bonds. The fourth-order valence-electron chi connectivity index (χ4n) is 1.94. The molecule has 1 heterocycles. The van der Waals surface area contributed by atoms with E-state index in [1.54, 1.807) is 31.4 Å². The molecule has 6 heteroatoms. The number of pyridine rings is 1. The maximum Gasteiger partial charge on any atom is 0.251 e. The Hall–Kier alpha value is -2.63. The third-order valence-corrected chi connectivity index (χ3v) is 3.31. The standard InChI is InChI=1S/C17H19FN2O3/c1-20-10-8-13(12-16(20)21)17(22)19-9-2-3-11-23-15-6-4-14(18)5-7-15/h4-8,10,12H,2-3,9,11H2,1H3,(H,19,22). The lowest BCUT2D eigenvalue weighted by molar-refractivity contribution is 0.0952. The van der Waals surface area contributed by atoms with Gasteiger partial charge in [-0.2, -0.15) is 0 Å². The van der Waals surface area contributed by atoms with Gasteiger partial charge in [0.2, 0.25) is 0 Å². The number of aryl methyl sites for hydroxylation is 1. The zero-order valence-electron chi connectivity index (χ0n) is 12.9. The van der Waals surface area contributed by atoms with Crippen LogP contribution in [0.5, 0.6) is 5.75 Å². The van der Waals surface area contributed by atoms with Gasteiger partial charge in [-0.3, -0.25) is 9.59 Å². The third-order valence-electron chi connectivity index (χ3n) is 3.31. The summed E-state index contributed by atoms with van der Waals surface area (Å²) in [6.45, 7) is 0.994. The van der Waals surface area contributed by atoms with Crippen molar-refractivity contribution < 1.29 is 13.9 Å². The average molecular weight is 318 g/mol. The molecule has 1 aromatic carbocycles. The lowest BCUT2D eigenvalue weighted by atomic mass is 10.2. The first-order chi connectivity index (χ1) is 11.1. The lowest BCUT2D eigenvalue weighted by Gasteiger charge is -2.07. The minimum absolute atomic E-state index is 0.217. The van der Waals surface area contributed by atoms with Gasteiger partial charge in [0.1, 0.15) is 11.6 Å². The summed E-state index contributed by atoms with van der Waals surface area (Å²) in [6, 6.07) is 8.76. The van der Waals surface area contributed by atoms with Gasteiger partial charge in [-0.1, -0.05) is 0 Å². The number of amides is 1. The van der Waals surface area contributed by atoms with Gasteiger partial charge in [-0.15, -0.1) is 0 Å². The number of rotatable bonds is 7. The van der Waals surface area contributed by atoms with Gasteiger partial charge < -0.3 is 14.6 Å². The van der Waals surface area contributed by atoms with E-state index in [0.29, 0.717) is 24.5 Å². The molecular formula is C17H19FN2O3. The zero-order valence-corrected chi connectivity index (χ0v) is 12.9. The highest BCUT2D eigenvalue weighted by molar-refractivity contribution is 5.93. The molecule has 0 saturated heterocycles. The second kappa shape index (κ2) is 8.12. The number of aromatic nitrogens is 1. The number of benzene rings is 1. The number of halogens is 1. The number of carbonyl (C=O) groups is 1. The van der Waals surface area contributed by atoms with Gasteiger partial charge in [0.05, 0.1) is 6.61 Å². The van der Waals surface area contributed by atoms with Crippen LogP contribution in [0.15, 0.2) is 47.4 Å². The first kappa shape index (κ1) is 16.7. The Balaban J connectivity index is 1.65. The van der Waals surface area contributed by atoms with Gasteiger partial charge in [-0.05, 0) is 43.2 Å². The van der Waals surface area contributed by atoms with Crippen LogP contribution in [0.2, 0.25) is 0 Å². The second-order valence-corrected chi connectivity index (χ2v) is 5.13. The molecule has 0 radical (unpaired) electrons. The molecule has 0 atom stereocenters. The molecule has 0 spiro atoms. The normalized spacial score (nSPS) is 10.3. The highest BCUT2D eigenvalue weighted by atomic mass is 19.1. The molecule has 0 unspecified atom stereocenters. The fraction of sp³-hybridized carbons (Fsp3) is 0.294. The third kappa shape index (κ3) is 5.25. The number of ether oxygens (including phenoxy) is 1. The molecular weight excluding hydrogens is 299 g/mol. The number of hydrogen-bond acceptors (Lipinski definition) is 3. The molecule has 122 valence electrons. The van der Waals surface area contributed by atoms with Crippen LogP contribution in [0.25, 0.3) is 0 Å². The first-order valence-electron chi connectivity index (χ1n) is 7.39. The van der Waals surface area contributed by atoms with Gasteiger partial charge >= 0.3 is 0 Å². The summed E-state index contributed by atoms with van der Waals surface area (Å²) >= 11 is 0. The second-order valence-electron chi connectivity index (χ2n) is 5.13. The molecule has 0 fully saturated rings. The van der Waals surface area contributed by atoms with E-state index >= 15 is 0 Å². The molecule has 0 saturated carbocycles.